The van der Waals surface area contributed by atoms with Crippen molar-refractivity contribution in [1.82, 2.24) is 5.48 Å². The van der Waals surface area contributed by atoms with Crippen LogP contribution in [0.2, 0.25) is 0 Å². The van der Waals surface area contributed by atoms with Crippen LogP contribution in [-0.2, 0) is 4.84 Å². The Morgan fingerprint density at radius 2 is 2.62 bits per heavy atom. The molecule has 1 rings (SSSR count). The smallest absolute Gasteiger partial charge is 0.0572 e. The second-order valence-electron chi connectivity index (χ2n) is 1.88. The van der Waals surface area contributed by atoms with Crippen molar-refractivity contribution >= 4 is 11.8 Å². The molecule has 0 saturated carbocycles. The molecule has 1 aliphatic rings. The molecular formula is C5H11NOS. The fourth-order valence-electron chi connectivity index (χ4n) is 0.794. The van der Waals surface area contributed by atoms with E-state index in [2.05, 4.69) is 5.48 Å². The maximum atomic E-state index is 4.76. The van der Waals surface area contributed by atoms with E-state index in [9.17, 15) is 0 Å². The largest absolute Gasteiger partial charge is 0.305 e. The predicted molar refractivity (Wildman–Crippen MR) is 35.9 cm³/mol. The van der Waals surface area contributed by atoms with Crippen molar-refractivity contribution in [3.8, 4) is 0 Å². The highest BCUT2D eigenvalue weighted by atomic mass is 32.2. The summed E-state index contributed by atoms with van der Waals surface area (Å²) in [4.78, 5) is 4.76. The summed E-state index contributed by atoms with van der Waals surface area (Å²) in [6.45, 7) is 0. The van der Waals surface area contributed by atoms with Gasteiger partial charge in [-0.25, -0.2) is 0 Å². The van der Waals surface area contributed by atoms with Gasteiger partial charge in [-0.2, -0.15) is 17.2 Å². The Kier molecular flexibility index (Phi) is 2.66. The van der Waals surface area contributed by atoms with Gasteiger partial charge in [0.1, 0.15) is 0 Å². The highest BCUT2D eigenvalue weighted by Gasteiger charge is 2.13. The van der Waals surface area contributed by atoms with Crippen LogP contribution in [0.4, 0.5) is 0 Å². The van der Waals surface area contributed by atoms with Gasteiger partial charge >= 0.3 is 0 Å². The van der Waals surface area contributed by atoms with E-state index in [1.807, 2.05) is 11.8 Å². The van der Waals surface area contributed by atoms with E-state index in [1.165, 1.54) is 17.9 Å². The number of thioether (sulfide) groups is 1. The normalized spacial score (nSPS) is 28.9. The first-order valence-electron chi connectivity index (χ1n) is 2.79. The van der Waals surface area contributed by atoms with E-state index < -0.39 is 0 Å². The molecule has 1 N–H and O–H groups in total. The second kappa shape index (κ2) is 3.33. The summed E-state index contributed by atoms with van der Waals surface area (Å²) >= 11 is 1.98. The zero-order valence-corrected chi connectivity index (χ0v) is 5.83. The molecule has 1 atom stereocenters. The second-order valence-corrected chi connectivity index (χ2v) is 3.03. The van der Waals surface area contributed by atoms with Gasteiger partial charge in [-0.3, -0.25) is 0 Å². The van der Waals surface area contributed by atoms with Crippen molar-refractivity contribution in [2.75, 3.05) is 18.6 Å². The number of nitrogens with one attached hydrogen (secondary N) is 1. The maximum Gasteiger partial charge on any atom is 0.0572 e. The average molecular weight is 133 g/mol. The van der Waals surface area contributed by atoms with Crippen LogP contribution in [0.15, 0.2) is 0 Å². The monoisotopic (exact) mass is 133 g/mol. The molecule has 8 heavy (non-hydrogen) atoms. The molecule has 1 heterocycles. The van der Waals surface area contributed by atoms with Crippen LogP contribution in [0.3, 0.4) is 0 Å². The summed E-state index contributed by atoms with van der Waals surface area (Å²) in [5, 5.41) is 0. The minimum Gasteiger partial charge on any atom is -0.305 e. The minimum atomic E-state index is 0.602. The van der Waals surface area contributed by atoms with E-state index in [4.69, 9.17) is 4.84 Å². The number of hydrogen-bond donors (Lipinski definition) is 1. The summed E-state index contributed by atoms with van der Waals surface area (Å²) in [6, 6.07) is 0.602. The van der Waals surface area contributed by atoms with Crippen molar-refractivity contribution < 1.29 is 4.84 Å². The molecule has 0 radical (unpaired) electrons. The van der Waals surface area contributed by atoms with Crippen LogP contribution in [0, 0.1) is 0 Å². The standard InChI is InChI=1S/C5H11NOS/c1-7-6-5-2-3-8-4-5/h5-6H,2-4H2,1H3. The van der Waals surface area contributed by atoms with Gasteiger partial charge in [-0.15, -0.1) is 0 Å². The first-order valence-corrected chi connectivity index (χ1v) is 3.95. The molecule has 0 bridgehead atoms. The number of hydroxylamine groups is 1. The van der Waals surface area contributed by atoms with Gasteiger partial charge < -0.3 is 4.84 Å². The first kappa shape index (κ1) is 6.39. The van der Waals surface area contributed by atoms with Gasteiger partial charge in [-0.05, 0) is 12.2 Å². The average Bonchev–Trinajstić information content (AvgIpc) is 2.19. The van der Waals surface area contributed by atoms with Crippen LogP contribution < -0.4 is 5.48 Å². The number of hydrogen-bond acceptors (Lipinski definition) is 3. The fraction of sp³-hybridized carbons (Fsp3) is 1.00. The lowest BCUT2D eigenvalue weighted by Gasteiger charge is -2.06. The molecule has 2 nitrogen and oxygen atoms in total. The molecule has 1 unspecified atom stereocenters. The molecule has 1 fully saturated rings. The Bertz CT molecular complexity index is 63.4. The third-order valence-corrected chi connectivity index (χ3v) is 2.38. The summed E-state index contributed by atoms with van der Waals surface area (Å²) in [5.74, 6) is 2.48. The zero-order valence-electron chi connectivity index (χ0n) is 5.02. The summed E-state index contributed by atoms with van der Waals surface area (Å²) < 4.78 is 0. The van der Waals surface area contributed by atoms with E-state index in [0.717, 1.165) is 0 Å². The lowest BCUT2D eigenvalue weighted by Crippen LogP contribution is -2.27. The highest BCUT2D eigenvalue weighted by Crippen LogP contribution is 2.16. The Morgan fingerprint density at radius 1 is 1.75 bits per heavy atom. The molecule has 1 aliphatic heterocycles. The zero-order chi connectivity index (χ0) is 5.82. The Labute approximate surface area is 53.9 Å². The topological polar surface area (TPSA) is 21.3 Å². The van der Waals surface area contributed by atoms with Gasteiger partial charge in [0.15, 0.2) is 0 Å². The van der Waals surface area contributed by atoms with E-state index in [1.54, 1.807) is 7.11 Å². The summed E-state index contributed by atoms with van der Waals surface area (Å²) in [7, 11) is 1.67. The van der Waals surface area contributed by atoms with Gasteiger partial charge in [0.25, 0.3) is 0 Å². The van der Waals surface area contributed by atoms with Crippen molar-refractivity contribution in [3.63, 3.8) is 0 Å². The van der Waals surface area contributed by atoms with Crippen LogP contribution in [-0.4, -0.2) is 24.7 Å². The quantitative estimate of drug-likeness (QED) is 0.559. The van der Waals surface area contributed by atoms with Gasteiger partial charge in [0, 0.05) is 11.8 Å². The van der Waals surface area contributed by atoms with Crippen LogP contribution in [0.25, 0.3) is 0 Å². The van der Waals surface area contributed by atoms with Gasteiger partial charge in [0.05, 0.1) is 7.11 Å². The Morgan fingerprint density at radius 3 is 3.12 bits per heavy atom. The van der Waals surface area contributed by atoms with Crippen molar-refractivity contribution in [2.24, 2.45) is 0 Å². The maximum absolute atomic E-state index is 4.76. The lowest BCUT2D eigenvalue weighted by molar-refractivity contribution is 0.0681. The van der Waals surface area contributed by atoms with E-state index >= 15 is 0 Å². The Hall–Kier alpha value is 0.270. The third-order valence-electron chi connectivity index (χ3n) is 1.21. The fourth-order valence-corrected chi connectivity index (χ4v) is 1.93. The molecule has 0 aliphatic carbocycles. The Balaban J connectivity index is 2.06. The molecule has 0 aromatic heterocycles. The number of rotatable bonds is 2. The SMILES string of the molecule is CONC1CCSC1. The molecule has 0 aromatic carbocycles. The molecule has 48 valence electrons. The minimum absolute atomic E-state index is 0.602. The molecule has 0 aromatic rings. The molecule has 3 heteroatoms. The van der Waals surface area contributed by atoms with E-state index in [-0.39, 0.29) is 0 Å². The molecule has 1 saturated heterocycles. The predicted octanol–water partition coefficient (Wildman–Crippen LogP) is 0.643. The van der Waals surface area contributed by atoms with Gasteiger partial charge in [-0.1, -0.05) is 0 Å². The highest BCUT2D eigenvalue weighted by molar-refractivity contribution is 7.99. The van der Waals surface area contributed by atoms with Crippen LogP contribution in [0.1, 0.15) is 6.42 Å². The van der Waals surface area contributed by atoms with Crippen molar-refractivity contribution in [1.29, 1.82) is 0 Å². The molecule has 0 spiro atoms. The van der Waals surface area contributed by atoms with Crippen LogP contribution in [0.5, 0.6) is 0 Å². The molecule has 0 amide bonds. The van der Waals surface area contributed by atoms with Crippen molar-refractivity contribution in [2.45, 2.75) is 12.5 Å². The first-order chi connectivity index (χ1) is 3.93. The van der Waals surface area contributed by atoms with Crippen LogP contribution >= 0.6 is 11.8 Å². The third kappa shape index (κ3) is 1.65. The van der Waals surface area contributed by atoms with Crippen molar-refractivity contribution in [3.05, 3.63) is 0 Å². The van der Waals surface area contributed by atoms with Gasteiger partial charge in [0.2, 0.25) is 0 Å². The lowest BCUT2D eigenvalue weighted by atomic mass is 10.3. The molecular weight excluding hydrogens is 122 g/mol. The summed E-state index contributed by atoms with van der Waals surface area (Å²) in [6.07, 6.45) is 1.25. The van der Waals surface area contributed by atoms with E-state index in [0.29, 0.717) is 6.04 Å². The summed E-state index contributed by atoms with van der Waals surface area (Å²) in [5.41, 5.74) is 2.92.